The molecule has 0 atom stereocenters. The van der Waals surface area contributed by atoms with Gasteiger partial charge in [-0.15, -0.1) is 11.3 Å². The average Bonchev–Trinajstić information content (AvgIpc) is 2.57. The van der Waals surface area contributed by atoms with E-state index in [0.29, 0.717) is 5.15 Å². The lowest BCUT2D eigenvalue weighted by molar-refractivity contribution is 0.827. The molecule has 0 aliphatic heterocycles. The van der Waals surface area contributed by atoms with E-state index in [0.717, 1.165) is 29.3 Å². The number of hydrogen-bond donors (Lipinski definition) is 0. The minimum atomic E-state index is 0.568. The molecule has 0 unspecified atom stereocenters. The Labute approximate surface area is 110 Å². The number of aromatic nitrogens is 2. The van der Waals surface area contributed by atoms with Crippen molar-refractivity contribution in [2.24, 2.45) is 0 Å². The highest BCUT2D eigenvalue weighted by molar-refractivity contribution is 7.18. The maximum atomic E-state index is 6.27. The smallest absolute Gasteiger partial charge is 0.228 e. The summed E-state index contributed by atoms with van der Waals surface area (Å²) in [5.41, 5.74) is 1.20. The largest absolute Gasteiger partial charge is 0.341 e. The van der Waals surface area contributed by atoms with Crippen molar-refractivity contribution < 1.29 is 0 Å². The molecular weight excluding hydrogens is 254 g/mol. The van der Waals surface area contributed by atoms with Gasteiger partial charge in [0.2, 0.25) is 5.95 Å². The Bertz CT molecular complexity index is 546. The van der Waals surface area contributed by atoms with Crippen LogP contribution >= 0.6 is 22.9 Å². The molecule has 0 bridgehead atoms. The minimum absolute atomic E-state index is 0.568. The average molecular weight is 270 g/mol. The lowest BCUT2D eigenvalue weighted by Crippen LogP contribution is -2.24. The third-order valence-corrected chi connectivity index (χ3v) is 4.39. The Morgan fingerprint density at radius 2 is 1.82 bits per heavy atom. The van der Waals surface area contributed by atoms with Crippen molar-refractivity contribution in [3.05, 3.63) is 15.6 Å². The molecular formula is C12H16ClN3S. The van der Waals surface area contributed by atoms with Crippen LogP contribution in [0.1, 0.15) is 24.3 Å². The number of anilines is 1. The molecule has 0 saturated carbocycles. The Hall–Kier alpha value is -0.870. The van der Waals surface area contributed by atoms with Gasteiger partial charge in [0.1, 0.15) is 9.98 Å². The quantitative estimate of drug-likeness (QED) is 0.794. The fourth-order valence-electron chi connectivity index (χ4n) is 1.84. The Kier molecular flexibility index (Phi) is 3.54. The molecule has 0 radical (unpaired) electrons. The Morgan fingerprint density at radius 1 is 1.18 bits per heavy atom. The summed E-state index contributed by atoms with van der Waals surface area (Å²) in [5.74, 6) is 0.730. The topological polar surface area (TPSA) is 29.0 Å². The number of thiophene rings is 1. The number of halogens is 1. The van der Waals surface area contributed by atoms with Crippen molar-refractivity contribution in [2.75, 3.05) is 18.0 Å². The van der Waals surface area contributed by atoms with E-state index in [1.807, 2.05) is 0 Å². The maximum Gasteiger partial charge on any atom is 0.228 e. The van der Waals surface area contributed by atoms with E-state index in [2.05, 4.69) is 42.6 Å². The van der Waals surface area contributed by atoms with E-state index in [1.54, 1.807) is 11.3 Å². The first-order valence-electron chi connectivity index (χ1n) is 5.76. The van der Waals surface area contributed by atoms with Crippen LogP contribution in [0.15, 0.2) is 0 Å². The first-order chi connectivity index (χ1) is 8.08. The molecule has 0 saturated heterocycles. The molecule has 2 aromatic heterocycles. The van der Waals surface area contributed by atoms with Gasteiger partial charge in [-0.1, -0.05) is 11.6 Å². The van der Waals surface area contributed by atoms with Crippen LogP contribution in [0, 0.1) is 13.8 Å². The summed E-state index contributed by atoms with van der Waals surface area (Å²) in [5, 5.41) is 1.57. The van der Waals surface area contributed by atoms with Gasteiger partial charge in [0.15, 0.2) is 0 Å². The van der Waals surface area contributed by atoms with Crippen LogP contribution in [-0.4, -0.2) is 23.1 Å². The fourth-order valence-corrected chi connectivity index (χ4v) is 3.23. The van der Waals surface area contributed by atoms with Gasteiger partial charge in [0.05, 0.1) is 5.39 Å². The SMILES string of the molecule is CCN(CC)c1nc(Cl)c2c(C)c(C)sc2n1. The predicted molar refractivity (Wildman–Crippen MR) is 75.5 cm³/mol. The molecule has 0 aliphatic carbocycles. The number of fused-ring (bicyclic) bond motifs is 1. The van der Waals surface area contributed by atoms with E-state index in [1.165, 1.54) is 10.4 Å². The summed E-state index contributed by atoms with van der Waals surface area (Å²) in [4.78, 5) is 13.4. The van der Waals surface area contributed by atoms with Crippen molar-refractivity contribution in [2.45, 2.75) is 27.7 Å². The molecule has 17 heavy (non-hydrogen) atoms. The number of hydrogen-bond acceptors (Lipinski definition) is 4. The summed E-state index contributed by atoms with van der Waals surface area (Å²) >= 11 is 7.95. The van der Waals surface area contributed by atoms with Crippen LogP contribution in [-0.2, 0) is 0 Å². The number of rotatable bonds is 3. The van der Waals surface area contributed by atoms with Gasteiger partial charge in [-0.05, 0) is 33.3 Å². The molecule has 0 spiro atoms. The van der Waals surface area contributed by atoms with E-state index >= 15 is 0 Å². The van der Waals surface area contributed by atoms with Crippen LogP contribution < -0.4 is 4.90 Å². The van der Waals surface area contributed by atoms with Crippen LogP contribution in [0.5, 0.6) is 0 Å². The minimum Gasteiger partial charge on any atom is -0.341 e. The third kappa shape index (κ3) is 2.11. The lowest BCUT2D eigenvalue weighted by Gasteiger charge is -2.18. The van der Waals surface area contributed by atoms with Crippen molar-refractivity contribution in [1.82, 2.24) is 9.97 Å². The fraction of sp³-hybridized carbons (Fsp3) is 0.500. The van der Waals surface area contributed by atoms with Gasteiger partial charge in [-0.3, -0.25) is 0 Å². The second-order valence-corrected chi connectivity index (χ2v) is 5.51. The Balaban J connectivity index is 2.63. The monoisotopic (exact) mass is 269 g/mol. The van der Waals surface area contributed by atoms with Crippen molar-refractivity contribution in [3.63, 3.8) is 0 Å². The van der Waals surface area contributed by atoms with Gasteiger partial charge in [0, 0.05) is 18.0 Å². The first kappa shape index (κ1) is 12.6. The molecule has 3 nitrogen and oxygen atoms in total. The summed E-state index contributed by atoms with van der Waals surface area (Å²) in [7, 11) is 0. The van der Waals surface area contributed by atoms with Crippen molar-refractivity contribution in [1.29, 1.82) is 0 Å². The van der Waals surface area contributed by atoms with Crippen LogP contribution in [0.4, 0.5) is 5.95 Å². The summed E-state index contributed by atoms with van der Waals surface area (Å²) in [6.45, 7) is 10.1. The molecule has 0 aliphatic rings. The molecule has 0 N–H and O–H groups in total. The molecule has 0 aromatic carbocycles. The summed E-state index contributed by atoms with van der Waals surface area (Å²) in [6.07, 6.45) is 0. The van der Waals surface area contributed by atoms with E-state index in [9.17, 15) is 0 Å². The molecule has 2 rings (SSSR count). The third-order valence-electron chi connectivity index (χ3n) is 3.02. The van der Waals surface area contributed by atoms with Gasteiger partial charge < -0.3 is 4.90 Å². The zero-order valence-electron chi connectivity index (χ0n) is 10.5. The molecule has 92 valence electrons. The van der Waals surface area contributed by atoms with Gasteiger partial charge in [-0.2, -0.15) is 0 Å². The molecule has 0 amide bonds. The predicted octanol–water partition coefficient (Wildman–Crippen LogP) is 3.81. The molecule has 5 heteroatoms. The van der Waals surface area contributed by atoms with Crippen LogP contribution in [0.25, 0.3) is 10.2 Å². The highest BCUT2D eigenvalue weighted by Gasteiger charge is 2.15. The second kappa shape index (κ2) is 4.78. The van der Waals surface area contributed by atoms with Gasteiger partial charge in [-0.25, -0.2) is 9.97 Å². The van der Waals surface area contributed by atoms with E-state index < -0.39 is 0 Å². The number of aryl methyl sites for hydroxylation is 2. The van der Waals surface area contributed by atoms with Gasteiger partial charge in [0.25, 0.3) is 0 Å². The lowest BCUT2D eigenvalue weighted by atomic mass is 10.2. The van der Waals surface area contributed by atoms with E-state index in [4.69, 9.17) is 11.6 Å². The second-order valence-electron chi connectivity index (χ2n) is 3.95. The summed E-state index contributed by atoms with van der Waals surface area (Å²) < 4.78 is 0. The number of nitrogens with zero attached hydrogens (tertiary/aromatic N) is 3. The van der Waals surface area contributed by atoms with E-state index in [-0.39, 0.29) is 0 Å². The zero-order valence-corrected chi connectivity index (χ0v) is 12.1. The highest BCUT2D eigenvalue weighted by Crippen LogP contribution is 2.34. The Morgan fingerprint density at radius 3 is 2.41 bits per heavy atom. The zero-order chi connectivity index (χ0) is 12.6. The molecule has 0 fully saturated rings. The standard InChI is InChI=1S/C12H16ClN3S/c1-5-16(6-2)12-14-10(13)9-7(3)8(4)17-11(9)15-12/h5-6H2,1-4H3. The van der Waals surface area contributed by atoms with Crippen molar-refractivity contribution in [3.8, 4) is 0 Å². The normalized spacial score (nSPS) is 11.1. The van der Waals surface area contributed by atoms with Crippen LogP contribution in [0.3, 0.4) is 0 Å². The van der Waals surface area contributed by atoms with Crippen molar-refractivity contribution >= 4 is 39.1 Å². The highest BCUT2D eigenvalue weighted by atomic mass is 35.5. The first-order valence-corrected chi connectivity index (χ1v) is 6.96. The maximum absolute atomic E-state index is 6.27. The van der Waals surface area contributed by atoms with Crippen LogP contribution in [0.2, 0.25) is 5.15 Å². The van der Waals surface area contributed by atoms with Gasteiger partial charge >= 0.3 is 0 Å². The summed E-state index contributed by atoms with van der Waals surface area (Å²) in [6, 6.07) is 0. The molecule has 2 heterocycles. The molecule has 2 aromatic rings.